The number of aromatic nitrogens is 1. The molecular formula is C18H22BrCl2N3O2. The average Bonchev–Trinajstić information content (AvgIpc) is 2.55. The van der Waals surface area contributed by atoms with Gasteiger partial charge in [-0.2, -0.15) is 0 Å². The van der Waals surface area contributed by atoms with Crippen LogP contribution in [0, 0.1) is 0 Å². The zero-order chi connectivity index (χ0) is 16.9. The van der Waals surface area contributed by atoms with E-state index >= 15 is 0 Å². The molecule has 0 spiro atoms. The second-order valence-corrected chi connectivity index (χ2v) is 6.88. The molecule has 1 fully saturated rings. The number of hydrogen-bond donors (Lipinski definition) is 2. The molecule has 0 bridgehead atoms. The fourth-order valence-corrected chi connectivity index (χ4v) is 3.19. The zero-order valence-electron chi connectivity index (χ0n) is 14.3. The number of nitrogens with one attached hydrogen (secondary N) is 2. The van der Waals surface area contributed by atoms with E-state index < -0.39 is 0 Å². The Labute approximate surface area is 174 Å². The number of hydrogen-bond acceptors (Lipinski definition) is 4. The predicted molar refractivity (Wildman–Crippen MR) is 111 cm³/mol. The van der Waals surface area contributed by atoms with Crippen LogP contribution < -0.4 is 15.4 Å². The Kier molecular flexibility index (Phi) is 9.36. The molecular weight excluding hydrogens is 441 g/mol. The molecule has 1 amide bonds. The Balaban J connectivity index is 0.00000169. The van der Waals surface area contributed by atoms with Gasteiger partial charge in [-0.25, -0.2) is 4.98 Å². The lowest BCUT2D eigenvalue weighted by atomic mass is 10.0. The van der Waals surface area contributed by atoms with E-state index in [1.54, 1.807) is 18.3 Å². The summed E-state index contributed by atoms with van der Waals surface area (Å²) in [5.74, 6) is 0.801. The minimum Gasteiger partial charge on any atom is -0.438 e. The largest absolute Gasteiger partial charge is 0.438 e. The van der Waals surface area contributed by atoms with Gasteiger partial charge in [-0.3, -0.25) is 4.79 Å². The molecule has 0 saturated carbocycles. The van der Waals surface area contributed by atoms with Crippen LogP contribution in [0.15, 0.2) is 47.1 Å². The Morgan fingerprint density at radius 3 is 2.85 bits per heavy atom. The van der Waals surface area contributed by atoms with Gasteiger partial charge in [0.25, 0.3) is 5.91 Å². The number of nitrogens with zero attached hydrogens (tertiary/aromatic N) is 1. The van der Waals surface area contributed by atoms with Crippen molar-refractivity contribution >= 4 is 46.7 Å². The number of benzene rings is 1. The molecule has 3 rings (SSSR count). The summed E-state index contributed by atoms with van der Waals surface area (Å²) in [4.78, 5) is 16.9. The third kappa shape index (κ3) is 6.13. The van der Waals surface area contributed by atoms with Crippen molar-refractivity contribution < 1.29 is 9.53 Å². The minimum absolute atomic E-state index is 0. The van der Waals surface area contributed by atoms with Crippen molar-refractivity contribution in [3.8, 4) is 11.6 Å². The van der Waals surface area contributed by atoms with Crippen molar-refractivity contribution in [1.29, 1.82) is 0 Å². The van der Waals surface area contributed by atoms with E-state index in [2.05, 4.69) is 38.5 Å². The van der Waals surface area contributed by atoms with Gasteiger partial charge >= 0.3 is 0 Å². The van der Waals surface area contributed by atoms with Crippen LogP contribution in [-0.2, 0) is 0 Å². The number of ether oxygens (including phenoxy) is 1. The predicted octanol–water partition coefficient (Wildman–Crippen LogP) is 4.35. The molecule has 0 aliphatic carbocycles. The standard InChI is InChI=1S/C18H20BrN3O2.2ClH/c1-12-10-14(7-9-20-12)22-17(23)16-6-3-8-21-18(16)24-15-5-2-4-13(19)11-15;;/h2-6,8,11-12,14,20H,7,9-10H2,1H3,(H,22,23);2*1H. The summed E-state index contributed by atoms with van der Waals surface area (Å²) < 4.78 is 6.72. The maximum Gasteiger partial charge on any atom is 0.257 e. The molecule has 5 nitrogen and oxygen atoms in total. The first-order chi connectivity index (χ1) is 11.6. The summed E-state index contributed by atoms with van der Waals surface area (Å²) in [6.45, 7) is 3.05. The second-order valence-electron chi connectivity index (χ2n) is 5.97. The van der Waals surface area contributed by atoms with E-state index in [1.807, 2.05) is 24.3 Å². The van der Waals surface area contributed by atoms with Gasteiger partial charge in [0.15, 0.2) is 0 Å². The van der Waals surface area contributed by atoms with Crippen LogP contribution in [0.4, 0.5) is 0 Å². The monoisotopic (exact) mass is 461 g/mol. The van der Waals surface area contributed by atoms with Gasteiger partial charge in [0, 0.05) is 22.8 Å². The summed E-state index contributed by atoms with van der Waals surface area (Å²) in [6.07, 6.45) is 3.47. The first kappa shape index (κ1) is 22.7. The molecule has 1 saturated heterocycles. The van der Waals surface area contributed by atoms with Crippen LogP contribution in [0.3, 0.4) is 0 Å². The van der Waals surface area contributed by atoms with E-state index in [-0.39, 0.29) is 36.8 Å². The highest BCUT2D eigenvalue weighted by Gasteiger charge is 2.22. The van der Waals surface area contributed by atoms with Crippen LogP contribution in [-0.4, -0.2) is 29.5 Å². The first-order valence-corrected chi connectivity index (χ1v) is 8.84. The van der Waals surface area contributed by atoms with Crippen molar-refractivity contribution in [2.45, 2.75) is 31.8 Å². The summed E-state index contributed by atoms with van der Waals surface area (Å²) in [6, 6.07) is 11.5. The van der Waals surface area contributed by atoms with Crippen molar-refractivity contribution in [3.05, 3.63) is 52.6 Å². The number of rotatable bonds is 4. The molecule has 8 heteroatoms. The van der Waals surface area contributed by atoms with Gasteiger partial charge < -0.3 is 15.4 Å². The smallest absolute Gasteiger partial charge is 0.257 e. The molecule has 2 aromatic rings. The van der Waals surface area contributed by atoms with Gasteiger partial charge in [-0.15, -0.1) is 24.8 Å². The zero-order valence-corrected chi connectivity index (χ0v) is 17.5. The molecule has 2 N–H and O–H groups in total. The fourth-order valence-electron chi connectivity index (χ4n) is 2.81. The molecule has 2 heterocycles. The SMILES string of the molecule is CC1CC(NC(=O)c2cccnc2Oc2cccc(Br)c2)CCN1.Cl.Cl. The summed E-state index contributed by atoms with van der Waals surface area (Å²) in [7, 11) is 0. The lowest BCUT2D eigenvalue weighted by Gasteiger charge is -2.28. The van der Waals surface area contributed by atoms with Gasteiger partial charge in [0.2, 0.25) is 5.88 Å². The summed E-state index contributed by atoms with van der Waals surface area (Å²) in [5, 5.41) is 6.48. The Hall–Kier alpha value is -1.34. The quantitative estimate of drug-likeness (QED) is 0.708. The van der Waals surface area contributed by atoms with Crippen molar-refractivity contribution in [2.24, 2.45) is 0 Å². The second kappa shape index (κ2) is 10.7. The average molecular weight is 463 g/mol. The molecule has 142 valence electrons. The maximum absolute atomic E-state index is 12.6. The fraction of sp³-hybridized carbons (Fsp3) is 0.333. The Bertz CT molecular complexity index is 733. The highest BCUT2D eigenvalue weighted by Crippen LogP contribution is 2.25. The van der Waals surface area contributed by atoms with Crippen molar-refractivity contribution in [3.63, 3.8) is 0 Å². The molecule has 2 unspecified atom stereocenters. The summed E-state index contributed by atoms with van der Waals surface area (Å²) in [5.41, 5.74) is 0.448. The van der Waals surface area contributed by atoms with Crippen LogP contribution in [0.25, 0.3) is 0 Å². The molecule has 2 atom stereocenters. The highest BCUT2D eigenvalue weighted by atomic mass is 79.9. The normalized spacial score (nSPS) is 18.8. The van der Waals surface area contributed by atoms with Crippen LogP contribution >= 0.6 is 40.7 Å². The molecule has 1 aliphatic heterocycles. The van der Waals surface area contributed by atoms with E-state index in [9.17, 15) is 4.79 Å². The van der Waals surface area contributed by atoms with Gasteiger partial charge in [-0.1, -0.05) is 22.0 Å². The molecule has 1 aliphatic rings. The van der Waals surface area contributed by atoms with E-state index in [0.29, 0.717) is 23.2 Å². The molecule has 1 aromatic carbocycles. The number of piperidine rings is 1. The maximum atomic E-state index is 12.6. The number of carbonyl (C=O) groups excluding carboxylic acids is 1. The third-order valence-electron chi connectivity index (χ3n) is 3.99. The lowest BCUT2D eigenvalue weighted by Crippen LogP contribution is -2.46. The lowest BCUT2D eigenvalue weighted by molar-refractivity contribution is 0.0922. The Morgan fingerprint density at radius 1 is 1.31 bits per heavy atom. The summed E-state index contributed by atoms with van der Waals surface area (Å²) >= 11 is 3.41. The van der Waals surface area contributed by atoms with E-state index in [1.165, 1.54) is 0 Å². The number of halogens is 3. The van der Waals surface area contributed by atoms with Crippen molar-refractivity contribution in [1.82, 2.24) is 15.6 Å². The third-order valence-corrected chi connectivity index (χ3v) is 4.48. The van der Waals surface area contributed by atoms with Gasteiger partial charge in [0.1, 0.15) is 11.3 Å². The molecule has 26 heavy (non-hydrogen) atoms. The Morgan fingerprint density at radius 2 is 2.12 bits per heavy atom. The number of carbonyl (C=O) groups is 1. The van der Waals surface area contributed by atoms with E-state index in [4.69, 9.17) is 4.74 Å². The van der Waals surface area contributed by atoms with Gasteiger partial charge in [-0.05, 0) is 56.6 Å². The van der Waals surface area contributed by atoms with Crippen LogP contribution in [0.5, 0.6) is 11.6 Å². The molecule has 0 radical (unpaired) electrons. The topological polar surface area (TPSA) is 63.2 Å². The minimum atomic E-state index is -0.146. The number of pyridine rings is 1. The van der Waals surface area contributed by atoms with Gasteiger partial charge in [0.05, 0.1) is 0 Å². The van der Waals surface area contributed by atoms with Crippen LogP contribution in [0.2, 0.25) is 0 Å². The number of amides is 1. The van der Waals surface area contributed by atoms with Crippen LogP contribution in [0.1, 0.15) is 30.1 Å². The highest BCUT2D eigenvalue weighted by molar-refractivity contribution is 9.10. The first-order valence-electron chi connectivity index (χ1n) is 8.04. The van der Waals surface area contributed by atoms with E-state index in [0.717, 1.165) is 23.9 Å². The van der Waals surface area contributed by atoms with Crippen molar-refractivity contribution in [2.75, 3.05) is 6.54 Å². The molecule has 1 aromatic heterocycles.